The summed E-state index contributed by atoms with van der Waals surface area (Å²) in [7, 11) is 0. The van der Waals surface area contributed by atoms with E-state index in [0.717, 1.165) is 37.0 Å². The molecule has 0 spiro atoms. The van der Waals surface area contributed by atoms with Gasteiger partial charge in [-0.15, -0.1) is 0 Å². The number of carbonyl (C=O) groups excluding carboxylic acids is 1. The van der Waals surface area contributed by atoms with Gasteiger partial charge in [-0.05, 0) is 57.9 Å². The molecule has 1 aliphatic rings. The van der Waals surface area contributed by atoms with Crippen LogP contribution in [0.25, 0.3) is 0 Å². The van der Waals surface area contributed by atoms with Gasteiger partial charge in [-0.2, -0.15) is 0 Å². The van der Waals surface area contributed by atoms with Crippen LogP contribution in [0.5, 0.6) is 5.75 Å². The van der Waals surface area contributed by atoms with Gasteiger partial charge < -0.3 is 9.47 Å². The number of hydrogen-bond acceptors (Lipinski definition) is 3. The van der Waals surface area contributed by atoms with E-state index in [1.807, 2.05) is 45.0 Å². The van der Waals surface area contributed by atoms with Gasteiger partial charge in [-0.25, -0.2) is 0 Å². The Hall–Kier alpha value is -1.35. The zero-order chi connectivity index (χ0) is 15.3. The molecule has 0 aliphatic heterocycles. The summed E-state index contributed by atoms with van der Waals surface area (Å²) in [6.07, 6.45) is 5.15. The second-order valence-corrected chi connectivity index (χ2v) is 6.01. The number of hydrogen-bond donors (Lipinski definition) is 0. The van der Waals surface area contributed by atoms with Crippen molar-refractivity contribution in [1.82, 2.24) is 0 Å². The molecule has 116 valence electrons. The molecule has 0 amide bonds. The number of ether oxygens (including phenoxy) is 2. The summed E-state index contributed by atoms with van der Waals surface area (Å²) in [5, 5.41) is 0. The van der Waals surface area contributed by atoms with Gasteiger partial charge in [0.25, 0.3) is 0 Å². The Morgan fingerprint density at radius 3 is 2.29 bits per heavy atom. The van der Waals surface area contributed by atoms with E-state index in [1.165, 1.54) is 6.42 Å². The standard InChI is InChI=1S/C18H26O3/c1-4-20-18(12-6-5-7-13-18)17(19)15-8-10-16(11-9-15)21-14(2)3/h8-11,14H,4-7,12-13H2,1-3H3. The van der Waals surface area contributed by atoms with Gasteiger partial charge in [0.2, 0.25) is 0 Å². The largest absolute Gasteiger partial charge is 0.491 e. The Bertz CT molecular complexity index is 450. The highest BCUT2D eigenvalue weighted by Gasteiger charge is 2.40. The van der Waals surface area contributed by atoms with Crippen molar-refractivity contribution >= 4 is 5.78 Å². The summed E-state index contributed by atoms with van der Waals surface area (Å²) in [5.41, 5.74) is 0.120. The molecular weight excluding hydrogens is 264 g/mol. The zero-order valence-corrected chi connectivity index (χ0v) is 13.4. The van der Waals surface area contributed by atoms with Crippen LogP contribution >= 0.6 is 0 Å². The third kappa shape index (κ3) is 3.85. The molecular formula is C18H26O3. The zero-order valence-electron chi connectivity index (χ0n) is 13.4. The quantitative estimate of drug-likeness (QED) is 0.729. The van der Waals surface area contributed by atoms with Crippen LogP contribution < -0.4 is 4.74 Å². The number of carbonyl (C=O) groups is 1. The molecule has 1 aromatic rings. The average Bonchev–Trinajstić information content (AvgIpc) is 2.48. The number of benzene rings is 1. The Kier molecular flexibility index (Phi) is 5.40. The lowest BCUT2D eigenvalue weighted by Crippen LogP contribution is -2.43. The summed E-state index contributed by atoms with van der Waals surface area (Å²) >= 11 is 0. The lowest BCUT2D eigenvalue weighted by Gasteiger charge is -2.35. The minimum atomic E-state index is -0.604. The lowest BCUT2D eigenvalue weighted by atomic mass is 9.79. The lowest BCUT2D eigenvalue weighted by molar-refractivity contribution is -0.0411. The summed E-state index contributed by atoms with van der Waals surface area (Å²) < 4.78 is 11.5. The molecule has 0 unspecified atom stereocenters. The molecule has 0 atom stereocenters. The highest BCUT2D eigenvalue weighted by atomic mass is 16.5. The summed E-state index contributed by atoms with van der Waals surface area (Å²) in [6, 6.07) is 7.45. The van der Waals surface area contributed by atoms with Gasteiger partial charge in [0.15, 0.2) is 5.78 Å². The minimum Gasteiger partial charge on any atom is -0.491 e. The average molecular weight is 290 g/mol. The SMILES string of the molecule is CCOC1(C(=O)c2ccc(OC(C)C)cc2)CCCCC1. The molecule has 21 heavy (non-hydrogen) atoms. The van der Waals surface area contributed by atoms with Crippen molar-refractivity contribution in [3.8, 4) is 5.75 Å². The van der Waals surface area contributed by atoms with E-state index in [4.69, 9.17) is 9.47 Å². The number of rotatable bonds is 6. The molecule has 0 N–H and O–H groups in total. The fourth-order valence-electron chi connectivity index (χ4n) is 3.06. The molecule has 1 aliphatic carbocycles. The summed E-state index contributed by atoms with van der Waals surface area (Å²) in [4.78, 5) is 12.9. The van der Waals surface area contributed by atoms with Crippen LogP contribution in [0.3, 0.4) is 0 Å². The van der Waals surface area contributed by atoms with Crippen LogP contribution in [-0.4, -0.2) is 24.1 Å². The van der Waals surface area contributed by atoms with Crippen LogP contribution in [0.15, 0.2) is 24.3 Å². The van der Waals surface area contributed by atoms with Crippen LogP contribution in [0.1, 0.15) is 63.2 Å². The third-order valence-corrected chi connectivity index (χ3v) is 3.98. The van der Waals surface area contributed by atoms with Crippen LogP contribution in [0.2, 0.25) is 0 Å². The number of ketones is 1. The maximum absolute atomic E-state index is 12.9. The van der Waals surface area contributed by atoms with Gasteiger partial charge in [0, 0.05) is 12.2 Å². The molecule has 0 bridgehead atoms. The normalized spacial score (nSPS) is 17.7. The van der Waals surface area contributed by atoms with Crippen molar-refractivity contribution in [2.75, 3.05) is 6.61 Å². The Labute approximate surface area is 127 Å². The molecule has 0 aromatic heterocycles. The van der Waals surface area contributed by atoms with E-state index in [2.05, 4.69) is 0 Å². The second kappa shape index (κ2) is 7.08. The Balaban J connectivity index is 2.16. The molecule has 1 saturated carbocycles. The Morgan fingerprint density at radius 1 is 1.14 bits per heavy atom. The van der Waals surface area contributed by atoms with Crippen molar-refractivity contribution in [1.29, 1.82) is 0 Å². The van der Waals surface area contributed by atoms with Gasteiger partial charge in [-0.1, -0.05) is 19.3 Å². The maximum Gasteiger partial charge on any atom is 0.194 e. The van der Waals surface area contributed by atoms with Gasteiger partial charge in [0.05, 0.1) is 6.10 Å². The van der Waals surface area contributed by atoms with E-state index >= 15 is 0 Å². The summed E-state index contributed by atoms with van der Waals surface area (Å²) in [5.74, 6) is 0.927. The topological polar surface area (TPSA) is 35.5 Å². The summed E-state index contributed by atoms with van der Waals surface area (Å²) in [6.45, 7) is 6.53. The smallest absolute Gasteiger partial charge is 0.194 e. The molecule has 1 fully saturated rings. The van der Waals surface area contributed by atoms with Crippen molar-refractivity contribution in [3.63, 3.8) is 0 Å². The van der Waals surface area contributed by atoms with Crippen molar-refractivity contribution < 1.29 is 14.3 Å². The highest BCUT2D eigenvalue weighted by Crippen LogP contribution is 2.35. The van der Waals surface area contributed by atoms with E-state index in [-0.39, 0.29) is 11.9 Å². The monoisotopic (exact) mass is 290 g/mol. The van der Waals surface area contributed by atoms with Gasteiger partial charge >= 0.3 is 0 Å². The van der Waals surface area contributed by atoms with Crippen molar-refractivity contribution in [3.05, 3.63) is 29.8 Å². The molecule has 1 aromatic carbocycles. The molecule has 0 heterocycles. The van der Waals surface area contributed by atoms with E-state index in [1.54, 1.807) is 0 Å². The Morgan fingerprint density at radius 2 is 1.76 bits per heavy atom. The molecule has 0 radical (unpaired) electrons. The molecule has 3 heteroatoms. The fourth-order valence-corrected chi connectivity index (χ4v) is 3.06. The van der Waals surface area contributed by atoms with E-state index in [0.29, 0.717) is 6.61 Å². The molecule has 0 saturated heterocycles. The van der Waals surface area contributed by atoms with E-state index < -0.39 is 5.60 Å². The molecule has 2 rings (SSSR count). The van der Waals surface area contributed by atoms with Gasteiger partial charge in [0.1, 0.15) is 11.4 Å². The van der Waals surface area contributed by atoms with Crippen molar-refractivity contribution in [2.45, 2.75) is 64.6 Å². The van der Waals surface area contributed by atoms with Gasteiger partial charge in [-0.3, -0.25) is 4.79 Å². The fraction of sp³-hybridized carbons (Fsp3) is 0.611. The van der Waals surface area contributed by atoms with Crippen LogP contribution in [0, 0.1) is 0 Å². The van der Waals surface area contributed by atoms with E-state index in [9.17, 15) is 4.79 Å². The molecule has 3 nitrogen and oxygen atoms in total. The first-order chi connectivity index (χ1) is 10.1. The first kappa shape index (κ1) is 16.0. The van der Waals surface area contributed by atoms with Crippen LogP contribution in [-0.2, 0) is 4.74 Å². The minimum absolute atomic E-state index is 0.125. The second-order valence-electron chi connectivity index (χ2n) is 6.01. The third-order valence-electron chi connectivity index (χ3n) is 3.98. The highest BCUT2D eigenvalue weighted by molar-refractivity contribution is 6.02. The first-order valence-electron chi connectivity index (χ1n) is 8.03. The van der Waals surface area contributed by atoms with Crippen molar-refractivity contribution in [2.24, 2.45) is 0 Å². The predicted molar refractivity (Wildman–Crippen MR) is 84.0 cm³/mol. The first-order valence-corrected chi connectivity index (χ1v) is 8.03. The van der Waals surface area contributed by atoms with Crippen LogP contribution in [0.4, 0.5) is 0 Å². The number of Topliss-reactive ketones (excluding diaryl/α,β-unsaturated/α-hetero) is 1. The predicted octanol–water partition coefficient (Wildman–Crippen LogP) is 4.40. The maximum atomic E-state index is 12.9.